The molecule has 3 heteroatoms. The third-order valence-corrected chi connectivity index (χ3v) is 4.64. The second-order valence-electron chi connectivity index (χ2n) is 6.65. The Morgan fingerprint density at radius 2 is 1.92 bits per heavy atom. The standard InChI is InChI=1S/C21H30O3/c1-2-3-4-9-12-20(21(22)23)24-19-15-13-18(14-16-19)17-10-7-5-6-8-11-17/h10,13-16,20H,2-9,11-12H2,1H3,(H,22,23). The molecule has 1 aromatic carbocycles. The molecule has 1 unspecified atom stereocenters. The molecule has 0 saturated heterocycles. The summed E-state index contributed by atoms with van der Waals surface area (Å²) in [5.74, 6) is -0.224. The Morgan fingerprint density at radius 1 is 1.12 bits per heavy atom. The predicted molar refractivity (Wildman–Crippen MR) is 98.3 cm³/mol. The molecular weight excluding hydrogens is 300 g/mol. The van der Waals surface area contributed by atoms with Gasteiger partial charge in [0, 0.05) is 0 Å². The summed E-state index contributed by atoms with van der Waals surface area (Å²) < 4.78 is 5.70. The number of ether oxygens (including phenoxy) is 1. The van der Waals surface area contributed by atoms with Gasteiger partial charge in [0.25, 0.3) is 0 Å². The fourth-order valence-corrected chi connectivity index (χ4v) is 3.18. The van der Waals surface area contributed by atoms with Crippen LogP contribution in [-0.4, -0.2) is 17.2 Å². The van der Waals surface area contributed by atoms with E-state index in [0.717, 1.165) is 38.5 Å². The zero-order valence-electron chi connectivity index (χ0n) is 14.8. The Labute approximate surface area is 145 Å². The van der Waals surface area contributed by atoms with Gasteiger partial charge in [-0.25, -0.2) is 4.79 Å². The van der Waals surface area contributed by atoms with Gasteiger partial charge in [-0.2, -0.15) is 0 Å². The highest BCUT2D eigenvalue weighted by Gasteiger charge is 2.19. The topological polar surface area (TPSA) is 46.5 Å². The van der Waals surface area contributed by atoms with Gasteiger partial charge in [-0.15, -0.1) is 0 Å². The minimum Gasteiger partial charge on any atom is -0.479 e. The molecule has 1 atom stereocenters. The Bertz CT molecular complexity index is 531. The molecule has 1 N–H and O–H groups in total. The van der Waals surface area contributed by atoms with Crippen molar-refractivity contribution in [1.82, 2.24) is 0 Å². The van der Waals surface area contributed by atoms with Crippen LogP contribution in [0.4, 0.5) is 0 Å². The zero-order chi connectivity index (χ0) is 17.2. The van der Waals surface area contributed by atoms with Crippen molar-refractivity contribution in [1.29, 1.82) is 0 Å². The number of hydrogen-bond donors (Lipinski definition) is 1. The van der Waals surface area contributed by atoms with Crippen molar-refractivity contribution in [3.05, 3.63) is 35.9 Å². The summed E-state index contributed by atoms with van der Waals surface area (Å²) in [5.41, 5.74) is 2.65. The van der Waals surface area contributed by atoms with Gasteiger partial charge in [-0.3, -0.25) is 0 Å². The number of rotatable bonds is 9. The van der Waals surface area contributed by atoms with Crippen molar-refractivity contribution in [3.63, 3.8) is 0 Å². The van der Waals surface area contributed by atoms with Gasteiger partial charge in [0.15, 0.2) is 6.10 Å². The first kappa shape index (κ1) is 18.6. The van der Waals surface area contributed by atoms with Crippen molar-refractivity contribution < 1.29 is 14.6 Å². The molecule has 24 heavy (non-hydrogen) atoms. The van der Waals surface area contributed by atoms with Gasteiger partial charge in [0.1, 0.15) is 5.75 Å². The summed E-state index contributed by atoms with van der Waals surface area (Å²) in [5, 5.41) is 9.35. The first-order chi connectivity index (χ1) is 11.7. The summed E-state index contributed by atoms with van der Waals surface area (Å²) >= 11 is 0. The fourth-order valence-electron chi connectivity index (χ4n) is 3.18. The second kappa shape index (κ2) is 10.2. The van der Waals surface area contributed by atoms with Crippen LogP contribution < -0.4 is 4.74 Å². The summed E-state index contributed by atoms with van der Waals surface area (Å²) in [6.07, 6.45) is 12.6. The molecule has 0 aromatic heterocycles. The molecule has 3 nitrogen and oxygen atoms in total. The van der Waals surface area contributed by atoms with Crippen molar-refractivity contribution in [2.45, 2.75) is 77.2 Å². The van der Waals surface area contributed by atoms with Crippen LogP contribution in [0, 0.1) is 0 Å². The van der Waals surface area contributed by atoms with Crippen LogP contribution in [0.3, 0.4) is 0 Å². The molecule has 0 fully saturated rings. The number of carbonyl (C=O) groups is 1. The van der Waals surface area contributed by atoms with Gasteiger partial charge < -0.3 is 9.84 Å². The smallest absolute Gasteiger partial charge is 0.344 e. The monoisotopic (exact) mass is 330 g/mol. The SMILES string of the molecule is CCCCCCC(Oc1ccc(C2=CCCCCC2)cc1)C(=O)O. The van der Waals surface area contributed by atoms with Crippen LogP contribution in [0.15, 0.2) is 30.3 Å². The predicted octanol–water partition coefficient (Wildman–Crippen LogP) is 5.84. The van der Waals surface area contributed by atoms with Gasteiger partial charge in [0.2, 0.25) is 0 Å². The summed E-state index contributed by atoms with van der Waals surface area (Å²) in [6, 6.07) is 7.93. The van der Waals surface area contributed by atoms with Gasteiger partial charge >= 0.3 is 5.97 Å². The van der Waals surface area contributed by atoms with Crippen molar-refractivity contribution in [3.8, 4) is 5.75 Å². The molecule has 0 bridgehead atoms. The number of allylic oxidation sites excluding steroid dienone is 2. The Hall–Kier alpha value is -1.77. The highest BCUT2D eigenvalue weighted by molar-refractivity contribution is 5.72. The highest BCUT2D eigenvalue weighted by Crippen LogP contribution is 2.27. The molecule has 2 rings (SSSR count). The van der Waals surface area contributed by atoms with Crippen LogP contribution >= 0.6 is 0 Å². The molecule has 0 amide bonds. The van der Waals surface area contributed by atoms with Crippen LogP contribution in [0.1, 0.15) is 76.7 Å². The van der Waals surface area contributed by atoms with Crippen molar-refractivity contribution in [2.24, 2.45) is 0 Å². The molecule has 1 aliphatic rings. The minimum absolute atomic E-state index is 0.572. The fraction of sp³-hybridized carbons (Fsp3) is 0.571. The number of unbranched alkanes of at least 4 members (excludes halogenated alkanes) is 3. The van der Waals surface area contributed by atoms with Gasteiger partial charge in [-0.1, -0.05) is 50.8 Å². The largest absolute Gasteiger partial charge is 0.479 e. The summed E-state index contributed by atoms with van der Waals surface area (Å²) in [6.45, 7) is 2.15. The van der Waals surface area contributed by atoms with Crippen molar-refractivity contribution in [2.75, 3.05) is 0 Å². The third kappa shape index (κ3) is 6.03. The second-order valence-corrected chi connectivity index (χ2v) is 6.65. The Kier molecular flexibility index (Phi) is 7.87. The number of carboxylic acids is 1. The average Bonchev–Trinajstić information content (AvgIpc) is 2.87. The van der Waals surface area contributed by atoms with E-state index in [1.165, 1.54) is 30.4 Å². The normalized spacial score (nSPS) is 16.1. The van der Waals surface area contributed by atoms with Crippen LogP contribution in [0.5, 0.6) is 5.75 Å². The minimum atomic E-state index is -0.873. The molecule has 0 radical (unpaired) electrons. The van der Waals surface area contributed by atoms with E-state index < -0.39 is 12.1 Å². The first-order valence-corrected chi connectivity index (χ1v) is 9.39. The van der Waals surface area contributed by atoms with Crippen molar-refractivity contribution >= 4 is 11.5 Å². The molecule has 0 saturated carbocycles. The maximum Gasteiger partial charge on any atom is 0.344 e. The van der Waals surface area contributed by atoms with E-state index in [1.54, 1.807) is 0 Å². The average molecular weight is 330 g/mol. The maximum atomic E-state index is 11.4. The highest BCUT2D eigenvalue weighted by atomic mass is 16.5. The maximum absolute atomic E-state index is 11.4. The van der Waals surface area contributed by atoms with E-state index in [1.807, 2.05) is 12.1 Å². The molecule has 0 heterocycles. The molecule has 1 aliphatic carbocycles. The Balaban J connectivity index is 1.93. The number of benzene rings is 1. The lowest BCUT2D eigenvalue weighted by Gasteiger charge is -2.15. The quantitative estimate of drug-likeness (QED) is 0.579. The Morgan fingerprint density at radius 3 is 2.62 bits per heavy atom. The van der Waals surface area contributed by atoms with E-state index >= 15 is 0 Å². The van der Waals surface area contributed by atoms with Gasteiger partial charge in [0.05, 0.1) is 0 Å². The summed E-state index contributed by atoms with van der Waals surface area (Å²) in [7, 11) is 0. The van der Waals surface area contributed by atoms with E-state index in [2.05, 4.69) is 25.1 Å². The lowest BCUT2D eigenvalue weighted by molar-refractivity contribution is -0.145. The number of aliphatic carboxylic acids is 1. The lowest BCUT2D eigenvalue weighted by atomic mass is 10.0. The number of carboxylic acid groups (broad SMARTS) is 1. The van der Waals surface area contributed by atoms with Crippen LogP contribution in [0.25, 0.3) is 5.57 Å². The zero-order valence-corrected chi connectivity index (χ0v) is 14.8. The van der Waals surface area contributed by atoms with Gasteiger partial charge in [-0.05, 0) is 61.8 Å². The third-order valence-electron chi connectivity index (χ3n) is 4.64. The molecule has 0 spiro atoms. The first-order valence-electron chi connectivity index (χ1n) is 9.39. The molecule has 1 aromatic rings. The number of hydrogen-bond acceptors (Lipinski definition) is 2. The molecule has 132 valence electrons. The van der Waals surface area contributed by atoms with Crippen LogP contribution in [-0.2, 0) is 4.79 Å². The summed E-state index contributed by atoms with van der Waals surface area (Å²) in [4.78, 5) is 11.4. The molecular formula is C21H30O3. The van der Waals surface area contributed by atoms with E-state index in [4.69, 9.17) is 4.74 Å². The lowest BCUT2D eigenvalue weighted by Crippen LogP contribution is -2.26. The van der Waals surface area contributed by atoms with E-state index in [0.29, 0.717) is 12.2 Å². The molecule has 0 aliphatic heterocycles. The van der Waals surface area contributed by atoms with E-state index in [9.17, 15) is 9.90 Å². The van der Waals surface area contributed by atoms with Crippen LogP contribution in [0.2, 0.25) is 0 Å². The van der Waals surface area contributed by atoms with E-state index in [-0.39, 0.29) is 0 Å².